The number of nitrogens with one attached hydrogen (secondary N) is 1. The van der Waals surface area contributed by atoms with Gasteiger partial charge in [0.1, 0.15) is 11.3 Å². The monoisotopic (exact) mass is 288 g/mol. The highest BCUT2D eigenvalue weighted by molar-refractivity contribution is 6.65. The summed E-state index contributed by atoms with van der Waals surface area (Å²) in [5.74, 6) is 0. The van der Waals surface area contributed by atoms with E-state index >= 15 is 0 Å². The van der Waals surface area contributed by atoms with E-state index in [1.807, 2.05) is 0 Å². The highest BCUT2D eigenvalue weighted by atomic mass is 35.5. The van der Waals surface area contributed by atoms with Crippen molar-refractivity contribution in [3.8, 4) is 0 Å². The Morgan fingerprint density at radius 2 is 1.94 bits per heavy atom. The molecular formula is C12H18Cl2N4. The Bertz CT molecular complexity index is 388. The van der Waals surface area contributed by atoms with E-state index in [4.69, 9.17) is 23.2 Å². The van der Waals surface area contributed by atoms with Crippen LogP contribution in [0.5, 0.6) is 0 Å². The Morgan fingerprint density at radius 1 is 1.17 bits per heavy atom. The number of aliphatic imine (C=N–C) groups is 1. The summed E-state index contributed by atoms with van der Waals surface area (Å²) >= 11 is 12.1. The number of nitrogens with zero attached hydrogens (tertiary/aromatic N) is 3. The molecule has 100 valence electrons. The van der Waals surface area contributed by atoms with Crippen LogP contribution in [0.25, 0.3) is 0 Å². The molecule has 18 heavy (non-hydrogen) atoms. The van der Waals surface area contributed by atoms with Crippen molar-refractivity contribution in [2.75, 3.05) is 32.7 Å². The third kappa shape index (κ3) is 2.52. The molecule has 1 unspecified atom stereocenters. The third-order valence-electron chi connectivity index (χ3n) is 3.96. The van der Waals surface area contributed by atoms with Crippen LogP contribution in [0.1, 0.15) is 19.3 Å². The van der Waals surface area contributed by atoms with E-state index in [2.05, 4.69) is 20.1 Å². The summed E-state index contributed by atoms with van der Waals surface area (Å²) in [6.45, 7) is 5.69. The Kier molecular flexibility index (Phi) is 3.80. The lowest BCUT2D eigenvalue weighted by Gasteiger charge is -2.27. The number of halogens is 2. The highest BCUT2D eigenvalue weighted by Crippen LogP contribution is 2.30. The molecule has 0 aromatic carbocycles. The van der Waals surface area contributed by atoms with Gasteiger partial charge in [0.15, 0.2) is 5.29 Å². The van der Waals surface area contributed by atoms with Gasteiger partial charge in [-0.05, 0) is 44.0 Å². The normalized spacial score (nSPS) is 29.4. The lowest BCUT2D eigenvalue weighted by atomic mass is 10.2. The molecule has 2 saturated heterocycles. The molecule has 0 aromatic heterocycles. The van der Waals surface area contributed by atoms with E-state index in [0.717, 1.165) is 26.1 Å². The molecule has 3 aliphatic rings. The van der Waals surface area contributed by atoms with Crippen molar-refractivity contribution in [1.82, 2.24) is 15.1 Å². The van der Waals surface area contributed by atoms with Crippen LogP contribution in [-0.2, 0) is 0 Å². The summed E-state index contributed by atoms with van der Waals surface area (Å²) in [6.07, 6.45) is 3.74. The molecule has 1 N–H and O–H groups in total. The van der Waals surface area contributed by atoms with Gasteiger partial charge >= 0.3 is 0 Å². The second-order valence-corrected chi connectivity index (χ2v) is 5.83. The van der Waals surface area contributed by atoms with Crippen LogP contribution in [0.4, 0.5) is 0 Å². The van der Waals surface area contributed by atoms with E-state index in [0.29, 0.717) is 10.5 Å². The molecule has 3 aliphatic heterocycles. The van der Waals surface area contributed by atoms with Gasteiger partial charge in [-0.25, -0.2) is 4.99 Å². The van der Waals surface area contributed by atoms with Crippen LogP contribution >= 0.6 is 23.2 Å². The van der Waals surface area contributed by atoms with E-state index in [9.17, 15) is 0 Å². The van der Waals surface area contributed by atoms with E-state index in [-0.39, 0.29) is 6.17 Å². The van der Waals surface area contributed by atoms with Gasteiger partial charge in [0.25, 0.3) is 0 Å². The first-order chi connectivity index (χ1) is 8.74. The molecule has 3 rings (SSSR count). The Balaban J connectivity index is 1.62. The predicted octanol–water partition coefficient (Wildman–Crippen LogP) is 1.76. The number of fused-ring (bicyclic) bond motifs is 1. The van der Waals surface area contributed by atoms with Crippen molar-refractivity contribution in [2.45, 2.75) is 25.4 Å². The summed E-state index contributed by atoms with van der Waals surface area (Å²) in [6, 6.07) is 0. The smallest absolute Gasteiger partial charge is 0.198 e. The maximum absolute atomic E-state index is 6.17. The Morgan fingerprint density at radius 3 is 2.72 bits per heavy atom. The molecule has 0 spiro atoms. The van der Waals surface area contributed by atoms with E-state index in [1.54, 1.807) is 0 Å². The molecule has 0 radical (unpaired) electrons. The minimum absolute atomic E-state index is 0.0638. The van der Waals surface area contributed by atoms with E-state index in [1.165, 1.54) is 31.5 Å². The van der Waals surface area contributed by atoms with Crippen LogP contribution in [0.2, 0.25) is 0 Å². The molecule has 4 nitrogen and oxygen atoms in total. The molecule has 2 fully saturated rings. The van der Waals surface area contributed by atoms with Crippen molar-refractivity contribution in [3.63, 3.8) is 0 Å². The fourth-order valence-corrected chi connectivity index (χ4v) is 3.46. The van der Waals surface area contributed by atoms with Crippen molar-refractivity contribution in [3.05, 3.63) is 10.7 Å². The molecule has 0 amide bonds. The van der Waals surface area contributed by atoms with Crippen molar-refractivity contribution in [1.29, 1.82) is 0 Å². The molecule has 1 atom stereocenters. The quantitative estimate of drug-likeness (QED) is 0.803. The molecule has 0 bridgehead atoms. The zero-order chi connectivity index (χ0) is 12.5. The van der Waals surface area contributed by atoms with Gasteiger partial charge in [0, 0.05) is 25.2 Å². The van der Waals surface area contributed by atoms with Gasteiger partial charge in [-0.2, -0.15) is 0 Å². The number of hydrogen-bond donors (Lipinski definition) is 1. The molecule has 0 aliphatic carbocycles. The minimum Gasteiger partial charge on any atom is -0.321 e. The predicted molar refractivity (Wildman–Crippen MR) is 75.0 cm³/mol. The zero-order valence-corrected chi connectivity index (χ0v) is 11.8. The van der Waals surface area contributed by atoms with Crippen LogP contribution in [0, 0.1) is 0 Å². The number of hydrogen-bond acceptors (Lipinski definition) is 4. The second kappa shape index (κ2) is 5.37. The van der Waals surface area contributed by atoms with Gasteiger partial charge in [-0.1, -0.05) is 11.6 Å². The molecular weight excluding hydrogens is 271 g/mol. The van der Waals surface area contributed by atoms with Crippen LogP contribution in [-0.4, -0.2) is 54.0 Å². The van der Waals surface area contributed by atoms with Crippen LogP contribution in [0.15, 0.2) is 15.7 Å². The Hall–Kier alpha value is -0.290. The minimum atomic E-state index is 0.0638. The topological polar surface area (TPSA) is 30.9 Å². The number of likely N-dealkylation sites (tertiary alicyclic amines) is 2. The maximum atomic E-state index is 6.17. The number of rotatable bonds is 3. The number of amidine groups is 1. The largest absolute Gasteiger partial charge is 0.321 e. The van der Waals surface area contributed by atoms with Crippen molar-refractivity contribution < 1.29 is 0 Å². The van der Waals surface area contributed by atoms with Crippen molar-refractivity contribution >= 4 is 28.5 Å². The lowest BCUT2D eigenvalue weighted by molar-refractivity contribution is 0.223. The first-order valence-corrected chi connectivity index (χ1v) is 7.35. The fourth-order valence-electron chi connectivity index (χ4n) is 2.94. The standard InChI is InChI=1S/C12H18Cl2N4/c13-10-9-3-6-18(11(9)16-12(14)15-10)8-7-17-4-1-2-5-17/h11H,1-8H2,(H,15,16). The maximum Gasteiger partial charge on any atom is 0.198 e. The second-order valence-electron chi connectivity index (χ2n) is 5.09. The third-order valence-corrected chi connectivity index (χ3v) is 4.49. The van der Waals surface area contributed by atoms with Gasteiger partial charge in [-0.15, -0.1) is 0 Å². The zero-order valence-electron chi connectivity index (χ0n) is 10.3. The fraction of sp³-hybridized carbons (Fsp3) is 0.750. The summed E-state index contributed by atoms with van der Waals surface area (Å²) in [7, 11) is 0. The molecule has 0 aromatic rings. The molecule has 6 heteroatoms. The summed E-state index contributed by atoms with van der Waals surface area (Å²) < 4.78 is 0. The van der Waals surface area contributed by atoms with Gasteiger partial charge < -0.3 is 10.2 Å². The SMILES string of the molecule is ClC1=NC2C(=C(Cl)N1)CCN2CCN1CCCC1. The van der Waals surface area contributed by atoms with Crippen LogP contribution in [0.3, 0.4) is 0 Å². The van der Waals surface area contributed by atoms with Gasteiger partial charge in [0.05, 0.1) is 0 Å². The summed E-state index contributed by atoms with van der Waals surface area (Å²) in [4.78, 5) is 9.36. The van der Waals surface area contributed by atoms with Gasteiger partial charge in [-0.3, -0.25) is 4.90 Å². The average Bonchev–Trinajstić information content (AvgIpc) is 2.94. The molecule has 3 heterocycles. The average molecular weight is 289 g/mol. The highest BCUT2D eigenvalue weighted by Gasteiger charge is 2.33. The summed E-state index contributed by atoms with van der Waals surface area (Å²) in [5, 5.41) is 3.97. The lowest BCUT2D eigenvalue weighted by Crippen LogP contribution is -2.39. The van der Waals surface area contributed by atoms with Crippen LogP contribution < -0.4 is 5.32 Å². The Labute approximate surface area is 118 Å². The van der Waals surface area contributed by atoms with Crippen molar-refractivity contribution in [2.24, 2.45) is 4.99 Å². The first kappa shape index (κ1) is 12.7. The molecule has 0 saturated carbocycles. The first-order valence-electron chi connectivity index (χ1n) is 6.59. The van der Waals surface area contributed by atoms with E-state index < -0.39 is 0 Å². The summed E-state index contributed by atoms with van der Waals surface area (Å²) in [5.41, 5.74) is 1.18. The van der Waals surface area contributed by atoms with Gasteiger partial charge in [0.2, 0.25) is 0 Å².